The third-order valence-electron chi connectivity index (χ3n) is 3.69. The lowest BCUT2D eigenvalue weighted by Gasteiger charge is -2.37. The zero-order valence-corrected chi connectivity index (χ0v) is 14.0. The summed E-state index contributed by atoms with van der Waals surface area (Å²) in [6.07, 6.45) is 1.12. The summed E-state index contributed by atoms with van der Waals surface area (Å²) in [7, 11) is 1.63. The number of carbonyl (C=O) groups is 2. The number of likely N-dealkylation sites (N-methyl/N-ethyl adjacent to an activating group) is 1. The van der Waals surface area contributed by atoms with Gasteiger partial charge in [0, 0.05) is 12.6 Å². The molecule has 1 aliphatic heterocycles. The lowest BCUT2D eigenvalue weighted by molar-refractivity contribution is -0.270. The minimum absolute atomic E-state index is 0.212. The highest BCUT2D eigenvalue weighted by Gasteiger charge is 2.24. The minimum Gasteiger partial charge on any atom is -0.530 e. The Bertz CT molecular complexity index is 453. The number of hydrogen-bond acceptors (Lipinski definition) is 4. The van der Waals surface area contributed by atoms with Crippen LogP contribution in [0.1, 0.15) is 33.6 Å². The molecule has 0 aromatic rings. The van der Waals surface area contributed by atoms with Crippen LogP contribution in [0.4, 0.5) is 4.79 Å². The average molecular weight is 308 g/mol. The van der Waals surface area contributed by atoms with Crippen molar-refractivity contribution in [1.82, 2.24) is 14.7 Å². The standard InChI is InChI=1S/C16H27N3O3/c1-16(2,3)19(15(21)22)13-14(20)17(4)9-5-6-10-18-11-7-8-12-18/h7-13H2,1-4H3,(H,21,22)/p-1. The minimum atomic E-state index is -1.34. The van der Waals surface area contributed by atoms with Gasteiger partial charge in [0.25, 0.3) is 0 Å². The van der Waals surface area contributed by atoms with Gasteiger partial charge in [0.05, 0.1) is 19.6 Å². The molecular formula is C16H26N3O3-. The lowest BCUT2D eigenvalue weighted by atomic mass is 10.1. The van der Waals surface area contributed by atoms with E-state index in [1.165, 1.54) is 17.7 Å². The molecular weight excluding hydrogens is 282 g/mol. The van der Waals surface area contributed by atoms with Crippen molar-refractivity contribution in [1.29, 1.82) is 0 Å². The third-order valence-corrected chi connectivity index (χ3v) is 3.69. The summed E-state index contributed by atoms with van der Waals surface area (Å²) < 4.78 is 0. The highest BCUT2D eigenvalue weighted by atomic mass is 16.4. The Morgan fingerprint density at radius 2 is 1.77 bits per heavy atom. The predicted octanol–water partition coefficient (Wildman–Crippen LogP) is -0.0122. The quantitative estimate of drug-likeness (QED) is 0.685. The maximum absolute atomic E-state index is 12.1. The van der Waals surface area contributed by atoms with Crippen LogP contribution in [0.2, 0.25) is 0 Å². The van der Waals surface area contributed by atoms with Gasteiger partial charge in [-0.05, 0) is 46.7 Å². The molecule has 0 aromatic heterocycles. The van der Waals surface area contributed by atoms with Crippen molar-refractivity contribution < 1.29 is 14.7 Å². The van der Waals surface area contributed by atoms with E-state index in [1.807, 2.05) is 0 Å². The van der Waals surface area contributed by atoms with Crippen LogP contribution in [0.3, 0.4) is 0 Å². The Labute approximate surface area is 133 Å². The first kappa shape index (κ1) is 18.3. The fourth-order valence-electron chi connectivity index (χ4n) is 2.20. The fourth-order valence-corrected chi connectivity index (χ4v) is 2.20. The normalized spacial score (nSPS) is 15.1. The maximum Gasteiger partial charge on any atom is 0.242 e. The summed E-state index contributed by atoms with van der Waals surface area (Å²) in [6.45, 7) is 8.19. The second kappa shape index (κ2) is 8.04. The van der Waals surface area contributed by atoms with Crippen LogP contribution in [-0.4, -0.2) is 72.0 Å². The Balaban J connectivity index is 2.43. The number of nitrogens with zero attached hydrogens (tertiary/aromatic N) is 3. The van der Waals surface area contributed by atoms with Crippen LogP contribution in [0, 0.1) is 11.8 Å². The topological polar surface area (TPSA) is 66.9 Å². The van der Waals surface area contributed by atoms with Crippen LogP contribution in [0.5, 0.6) is 0 Å². The first-order valence-corrected chi connectivity index (χ1v) is 7.62. The van der Waals surface area contributed by atoms with E-state index < -0.39 is 11.6 Å². The summed E-state index contributed by atoms with van der Waals surface area (Å²) in [4.78, 5) is 28.0. The molecule has 2 amide bonds. The van der Waals surface area contributed by atoms with Gasteiger partial charge in [-0.15, -0.1) is 0 Å². The monoisotopic (exact) mass is 308 g/mol. The molecule has 0 saturated carbocycles. The second-order valence-electron chi connectivity index (χ2n) is 6.61. The van der Waals surface area contributed by atoms with Crippen molar-refractivity contribution in [2.45, 2.75) is 39.2 Å². The van der Waals surface area contributed by atoms with E-state index in [4.69, 9.17) is 0 Å². The van der Waals surface area contributed by atoms with Gasteiger partial charge in [-0.2, -0.15) is 0 Å². The number of rotatable bonds is 4. The smallest absolute Gasteiger partial charge is 0.242 e. The Morgan fingerprint density at radius 3 is 2.27 bits per heavy atom. The van der Waals surface area contributed by atoms with Crippen LogP contribution in [0.15, 0.2) is 0 Å². The Kier molecular flexibility index (Phi) is 6.69. The van der Waals surface area contributed by atoms with Gasteiger partial charge < -0.3 is 19.7 Å². The van der Waals surface area contributed by atoms with Gasteiger partial charge in [0.2, 0.25) is 5.91 Å². The first-order valence-electron chi connectivity index (χ1n) is 7.62. The van der Waals surface area contributed by atoms with Crippen molar-refractivity contribution in [2.24, 2.45) is 0 Å². The van der Waals surface area contributed by atoms with Gasteiger partial charge in [-0.25, -0.2) is 0 Å². The number of hydrogen-bond donors (Lipinski definition) is 0. The van der Waals surface area contributed by atoms with Crippen molar-refractivity contribution in [3.63, 3.8) is 0 Å². The van der Waals surface area contributed by atoms with Crippen molar-refractivity contribution in [2.75, 3.05) is 39.8 Å². The molecule has 124 valence electrons. The van der Waals surface area contributed by atoms with Gasteiger partial charge in [-0.3, -0.25) is 9.69 Å². The first-order chi connectivity index (χ1) is 10.2. The molecule has 0 aromatic carbocycles. The molecule has 0 aliphatic carbocycles. The summed E-state index contributed by atoms with van der Waals surface area (Å²) in [5.74, 6) is 5.74. The molecule has 1 saturated heterocycles. The molecule has 0 bridgehead atoms. The molecule has 0 radical (unpaired) electrons. The van der Waals surface area contributed by atoms with E-state index in [0.29, 0.717) is 6.54 Å². The van der Waals surface area contributed by atoms with Gasteiger partial charge in [0.1, 0.15) is 6.09 Å². The van der Waals surface area contributed by atoms with E-state index in [2.05, 4.69) is 16.7 Å². The number of carboxylic acid groups (broad SMARTS) is 1. The molecule has 6 heteroatoms. The van der Waals surface area contributed by atoms with Gasteiger partial charge in [0.15, 0.2) is 0 Å². The summed E-state index contributed by atoms with van der Waals surface area (Å²) in [6, 6.07) is 0. The molecule has 0 atom stereocenters. The number of amides is 2. The van der Waals surface area contributed by atoms with Crippen LogP contribution in [-0.2, 0) is 4.79 Å². The third kappa shape index (κ3) is 5.94. The maximum atomic E-state index is 12.1. The van der Waals surface area contributed by atoms with E-state index >= 15 is 0 Å². The largest absolute Gasteiger partial charge is 0.530 e. The average Bonchev–Trinajstić information content (AvgIpc) is 2.91. The molecule has 1 rings (SSSR count). The van der Waals surface area contributed by atoms with Crippen molar-refractivity contribution >= 4 is 12.0 Å². The lowest BCUT2D eigenvalue weighted by Crippen LogP contribution is -2.55. The fraction of sp³-hybridized carbons (Fsp3) is 0.750. The predicted molar refractivity (Wildman–Crippen MR) is 82.9 cm³/mol. The molecule has 1 aliphatic rings. The van der Waals surface area contributed by atoms with Crippen LogP contribution in [0.25, 0.3) is 0 Å². The van der Waals surface area contributed by atoms with Crippen molar-refractivity contribution in [3.05, 3.63) is 0 Å². The second-order valence-corrected chi connectivity index (χ2v) is 6.61. The SMILES string of the molecule is CN(CC#CCN1CCCC1)C(=O)CN(C(=O)[O-])C(C)(C)C. The molecule has 0 spiro atoms. The zero-order valence-electron chi connectivity index (χ0n) is 14.0. The highest BCUT2D eigenvalue weighted by molar-refractivity contribution is 5.81. The Morgan fingerprint density at radius 1 is 1.18 bits per heavy atom. The van der Waals surface area contributed by atoms with E-state index in [-0.39, 0.29) is 12.5 Å². The molecule has 1 fully saturated rings. The number of carbonyl (C=O) groups excluding carboxylic acids is 2. The Hall–Kier alpha value is -1.74. The molecule has 0 unspecified atom stereocenters. The van der Waals surface area contributed by atoms with E-state index in [1.54, 1.807) is 27.8 Å². The van der Waals surface area contributed by atoms with Crippen LogP contribution >= 0.6 is 0 Å². The molecule has 1 heterocycles. The summed E-state index contributed by atoms with van der Waals surface area (Å²) in [5, 5.41) is 11.1. The van der Waals surface area contributed by atoms with E-state index in [0.717, 1.165) is 24.5 Å². The molecule has 6 nitrogen and oxygen atoms in total. The van der Waals surface area contributed by atoms with Gasteiger partial charge >= 0.3 is 0 Å². The zero-order chi connectivity index (χ0) is 16.8. The summed E-state index contributed by atoms with van der Waals surface area (Å²) in [5.41, 5.74) is -0.670. The van der Waals surface area contributed by atoms with E-state index in [9.17, 15) is 14.7 Å². The van der Waals surface area contributed by atoms with Crippen molar-refractivity contribution in [3.8, 4) is 11.8 Å². The van der Waals surface area contributed by atoms with Gasteiger partial charge in [-0.1, -0.05) is 11.8 Å². The molecule has 0 N–H and O–H groups in total. The molecule has 22 heavy (non-hydrogen) atoms. The number of likely N-dealkylation sites (tertiary alicyclic amines) is 1. The summed E-state index contributed by atoms with van der Waals surface area (Å²) >= 11 is 0. The highest BCUT2D eigenvalue weighted by Crippen LogP contribution is 2.12. The van der Waals surface area contributed by atoms with Crippen LogP contribution < -0.4 is 5.11 Å².